The van der Waals surface area contributed by atoms with Crippen LogP contribution in [0.25, 0.3) is 0 Å². The number of benzene rings is 2. The quantitative estimate of drug-likeness (QED) is 0.479. The average Bonchev–Trinajstić information content (AvgIpc) is 2.46. The van der Waals surface area contributed by atoms with Gasteiger partial charge in [-0.25, -0.2) is 4.39 Å². The van der Waals surface area contributed by atoms with Crippen LogP contribution in [0.15, 0.2) is 36.4 Å². The SMILES string of the molecule is O=Cc1cc([N+](=O)[O-])ccc1OCc1c(F)cccc1Cl. The van der Waals surface area contributed by atoms with Gasteiger partial charge < -0.3 is 4.74 Å². The van der Waals surface area contributed by atoms with Crippen molar-refractivity contribution in [3.63, 3.8) is 0 Å². The Kier molecular flexibility index (Phi) is 4.49. The number of halogens is 2. The number of hydrogen-bond acceptors (Lipinski definition) is 4. The molecule has 7 heteroatoms. The van der Waals surface area contributed by atoms with Crippen LogP contribution in [0, 0.1) is 15.9 Å². The number of hydrogen-bond donors (Lipinski definition) is 0. The highest BCUT2D eigenvalue weighted by molar-refractivity contribution is 6.31. The maximum absolute atomic E-state index is 13.6. The molecule has 0 bridgehead atoms. The third-order valence-electron chi connectivity index (χ3n) is 2.76. The van der Waals surface area contributed by atoms with E-state index in [1.54, 1.807) is 0 Å². The Morgan fingerprint density at radius 3 is 2.71 bits per heavy atom. The molecule has 0 atom stereocenters. The summed E-state index contributed by atoms with van der Waals surface area (Å²) in [6.45, 7) is -0.190. The zero-order valence-corrected chi connectivity index (χ0v) is 11.3. The molecule has 21 heavy (non-hydrogen) atoms. The molecule has 0 N–H and O–H groups in total. The maximum atomic E-state index is 13.6. The number of nitro groups is 1. The minimum absolute atomic E-state index is 0.0108. The van der Waals surface area contributed by atoms with Crippen LogP contribution in [0.5, 0.6) is 5.75 Å². The van der Waals surface area contributed by atoms with Crippen LogP contribution in [0.3, 0.4) is 0 Å². The number of carbonyl (C=O) groups excluding carboxylic acids is 1. The Morgan fingerprint density at radius 2 is 2.10 bits per heavy atom. The van der Waals surface area contributed by atoms with Crippen molar-refractivity contribution in [2.45, 2.75) is 6.61 Å². The van der Waals surface area contributed by atoms with Gasteiger partial charge in [0, 0.05) is 17.7 Å². The van der Waals surface area contributed by atoms with E-state index in [-0.39, 0.29) is 34.2 Å². The lowest BCUT2D eigenvalue weighted by Crippen LogP contribution is -2.02. The Bertz CT molecular complexity index is 685. The molecule has 0 aromatic heterocycles. The van der Waals surface area contributed by atoms with Crippen molar-refractivity contribution in [2.75, 3.05) is 0 Å². The van der Waals surface area contributed by atoms with Crippen LogP contribution in [0.1, 0.15) is 15.9 Å². The van der Waals surface area contributed by atoms with Crippen LogP contribution in [-0.2, 0) is 6.61 Å². The van der Waals surface area contributed by atoms with Gasteiger partial charge >= 0.3 is 0 Å². The summed E-state index contributed by atoms with van der Waals surface area (Å²) in [4.78, 5) is 21.0. The lowest BCUT2D eigenvalue weighted by Gasteiger charge is -2.10. The predicted octanol–water partition coefficient (Wildman–Crippen LogP) is 3.78. The highest BCUT2D eigenvalue weighted by Crippen LogP contribution is 2.25. The molecule has 2 rings (SSSR count). The molecule has 5 nitrogen and oxygen atoms in total. The van der Waals surface area contributed by atoms with Crippen LogP contribution in [0.4, 0.5) is 10.1 Å². The Labute approximate surface area is 124 Å². The standard InChI is InChI=1S/C14H9ClFNO4/c15-12-2-1-3-13(16)11(12)8-21-14-5-4-10(17(19)20)6-9(14)7-18/h1-7H,8H2. The molecule has 0 saturated heterocycles. The van der Waals surface area contributed by atoms with Gasteiger partial charge in [0.1, 0.15) is 18.2 Å². The average molecular weight is 310 g/mol. The largest absolute Gasteiger partial charge is 0.488 e. The maximum Gasteiger partial charge on any atom is 0.270 e. The van der Waals surface area contributed by atoms with Gasteiger partial charge in [-0.15, -0.1) is 0 Å². The summed E-state index contributed by atoms with van der Waals surface area (Å²) in [6.07, 6.45) is 0.436. The van der Waals surface area contributed by atoms with E-state index in [1.807, 2.05) is 0 Å². The lowest BCUT2D eigenvalue weighted by atomic mass is 10.2. The van der Waals surface area contributed by atoms with Crippen molar-refractivity contribution in [1.29, 1.82) is 0 Å². The molecule has 0 heterocycles. The lowest BCUT2D eigenvalue weighted by molar-refractivity contribution is -0.384. The summed E-state index contributed by atoms with van der Waals surface area (Å²) < 4.78 is 18.9. The zero-order valence-electron chi connectivity index (χ0n) is 10.6. The summed E-state index contributed by atoms with van der Waals surface area (Å²) in [7, 11) is 0. The van der Waals surface area contributed by atoms with Crippen LogP contribution < -0.4 is 4.74 Å². The first-order chi connectivity index (χ1) is 10.0. The van der Waals surface area contributed by atoms with Crippen LogP contribution in [-0.4, -0.2) is 11.2 Å². The molecule has 0 fully saturated rings. The second-order valence-corrected chi connectivity index (χ2v) is 4.49. The first-order valence-corrected chi connectivity index (χ1v) is 6.20. The molecular formula is C14H9ClFNO4. The molecule has 0 radical (unpaired) electrons. The number of ether oxygens (including phenoxy) is 1. The van der Waals surface area contributed by atoms with Crippen molar-refractivity contribution in [3.8, 4) is 5.75 Å². The minimum atomic E-state index is -0.621. The number of nitro benzene ring substituents is 1. The van der Waals surface area contributed by atoms with Crippen LogP contribution in [0.2, 0.25) is 5.02 Å². The van der Waals surface area contributed by atoms with Gasteiger partial charge in [0.2, 0.25) is 0 Å². The van der Waals surface area contributed by atoms with Gasteiger partial charge in [0.15, 0.2) is 6.29 Å². The summed E-state index contributed by atoms with van der Waals surface area (Å²) in [5.74, 6) is -0.410. The minimum Gasteiger partial charge on any atom is -0.488 e. The third-order valence-corrected chi connectivity index (χ3v) is 3.12. The highest BCUT2D eigenvalue weighted by atomic mass is 35.5. The topological polar surface area (TPSA) is 69.4 Å². The first kappa shape index (κ1) is 14.9. The summed E-state index contributed by atoms with van der Waals surface area (Å²) in [5, 5.41) is 10.8. The molecule has 2 aromatic rings. The molecule has 0 aliphatic rings. The van der Waals surface area contributed by atoms with Gasteiger partial charge in [-0.1, -0.05) is 17.7 Å². The van der Waals surface area contributed by atoms with E-state index >= 15 is 0 Å². The molecule has 0 amide bonds. The molecule has 2 aromatic carbocycles. The summed E-state index contributed by atoms with van der Waals surface area (Å²) in [5.41, 5.74) is -0.0700. The highest BCUT2D eigenvalue weighted by Gasteiger charge is 2.13. The fourth-order valence-corrected chi connectivity index (χ4v) is 1.91. The Balaban J connectivity index is 2.24. The fraction of sp³-hybridized carbons (Fsp3) is 0.0714. The molecule has 0 unspecified atom stereocenters. The van der Waals surface area contributed by atoms with E-state index in [1.165, 1.54) is 30.3 Å². The van der Waals surface area contributed by atoms with E-state index in [9.17, 15) is 19.3 Å². The number of non-ortho nitro benzene ring substituents is 1. The molecule has 108 valence electrons. The van der Waals surface area contributed by atoms with Crippen molar-refractivity contribution < 1.29 is 18.8 Å². The zero-order chi connectivity index (χ0) is 15.4. The second-order valence-electron chi connectivity index (χ2n) is 4.09. The smallest absolute Gasteiger partial charge is 0.270 e. The number of nitrogens with zero attached hydrogens (tertiary/aromatic N) is 1. The molecule has 0 aliphatic carbocycles. The number of aldehydes is 1. The van der Waals surface area contributed by atoms with Crippen molar-refractivity contribution in [2.24, 2.45) is 0 Å². The second kappa shape index (κ2) is 6.32. The predicted molar refractivity (Wildman–Crippen MR) is 74.2 cm³/mol. The molecule has 0 saturated carbocycles. The molecule has 0 spiro atoms. The van der Waals surface area contributed by atoms with Crippen molar-refractivity contribution in [3.05, 3.63) is 68.5 Å². The van der Waals surface area contributed by atoms with E-state index in [0.29, 0.717) is 6.29 Å². The van der Waals surface area contributed by atoms with Crippen molar-refractivity contribution >= 4 is 23.6 Å². The van der Waals surface area contributed by atoms with E-state index in [2.05, 4.69) is 0 Å². The normalized spacial score (nSPS) is 10.2. The van der Waals surface area contributed by atoms with Gasteiger partial charge in [-0.3, -0.25) is 14.9 Å². The molecule has 0 aliphatic heterocycles. The Morgan fingerprint density at radius 1 is 1.33 bits per heavy atom. The van der Waals surface area contributed by atoms with Gasteiger partial charge in [-0.05, 0) is 18.2 Å². The fourth-order valence-electron chi connectivity index (χ4n) is 1.69. The van der Waals surface area contributed by atoms with Gasteiger partial charge in [-0.2, -0.15) is 0 Å². The van der Waals surface area contributed by atoms with E-state index in [4.69, 9.17) is 16.3 Å². The third kappa shape index (κ3) is 3.35. The van der Waals surface area contributed by atoms with Crippen LogP contribution >= 0.6 is 11.6 Å². The van der Waals surface area contributed by atoms with Gasteiger partial charge in [0.05, 0.1) is 15.5 Å². The van der Waals surface area contributed by atoms with Crippen molar-refractivity contribution in [1.82, 2.24) is 0 Å². The number of rotatable bonds is 5. The summed E-state index contributed by atoms with van der Waals surface area (Å²) in [6, 6.07) is 7.79. The summed E-state index contributed by atoms with van der Waals surface area (Å²) >= 11 is 5.86. The molecular weight excluding hydrogens is 301 g/mol. The first-order valence-electron chi connectivity index (χ1n) is 5.82. The monoisotopic (exact) mass is 309 g/mol. The van der Waals surface area contributed by atoms with E-state index in [0.717, 1.165) is 6.07 Å². The number of carbonyl (C=O) groups is 1. The van der Waals surface area contributed by atoms with E-state index < -0.39 is 10.7 Å². The Hall–Kier alpha value is -2.47. The van der Waals surface area contributed by atoms with Gasteiger partial charge in [0.25, 0.3) is 5.69 Å².